The molecule has 0 aromatic heterocycles. The summed E-state index contributed by atoms with van der Waals surface area (Å²) >= 11 is 0. The van der Waals surface area contributed by atoms with E-state index in [1.807, 2.05) is 18.2 Å². The number of rotatable bonds is 2. The number of nitrogens with one attached hydrogen (secondary N) is 1. The molecule has 2 aromatic carbocycles. The molecule has 4 rings (SSSR count). The second-order valence-corrected chi connectivity index (χ2v) is 7.24. The Balaban J connectivity index is 1.83. The summed E-state index contributed by atoms with van der Waals surface area (Å²) in [4.78, 5) is 14.6. The minimum absolute atomic E-state index is 0.0564. The molecule has 0 spiro atoms. The predicted molar refractivity (Wildman–Crippen MR) is 97.7 cm³/mol. The Morgan fingerprint density at radius 1 is 1.12 bits per heavy atom. The fourth-order valence-electron chi connectivity index (χ4n) is 4.11. The molecular weight excluding hydrogens is 315 g/mol. The molecule has 4 heteroatoms. The van der Waals surface area contributed by atoms with Gasteiger partial charge in [-0.2, -0.15) is 0 Å². The van der Waals surface area contributed by atoms with Crippen molar-refractivity contribution in [2.75, 3.05) is 11.4 Å². The van der Waals surface area contributed by atoms with Crippen LogP contribution in [0.4, 0.5) is 10.1 Å². The highest BCUT2D eigenvalue weighted by Gasteiger charge is 2.57. The third-order valence-electron chi connectivity index (χ3n) is 5.53. The maximum atomic E-state index is 13.2. The maximum absolute atomic E-state index is 13.2. The minimum Gasteiger partial charge on any atom is -0.344 e. The molecule has 1 saturated heterocycles. The Bertz CT molecular complexity index is 856. The third-order valence-corrected chi connectivity index (χ3v) is 5.53. The zero-order valence-electron chi connectivity index (χ0n) is 14.4. The molecule has 0 aliphatic carbocycles. The van der Waals surface area contributed by atoms with E-state index in [1.165, 1.54) is 17.7 Å². The zero-order chi connectivity index (χ0) is 17.7. The quantitative estimate of drug-likeness (QED) is 0.903. The van der Waals surface area contributed by atoms with Gasteiger partial charge in [-0.25, -0.2) is 4.39 Å². The van der Waals surface area contributed by atoms with E-state index in [9.17, 15) is 9.18 Å². The highest BCUT2D eigenvalue weighted by Crippen LogP contribution is 2.52. The number of hydrogen-bond acceptors (Lipinski definition) is 2. The molecule has 1 fully saturated rings. The Morgan fingerprint density at radius 3 is 2.60 bits per heavy atom. The summed E-state index contributed by atoms with van der Waals surface area (Å²) in [6.45, 7) is 5.00. The number of benzene rings is 2. The van der Waals surface area contributed by atoms with Gasteiger partial charge in [0.15, 0.2) is 0 Å². The van der Waals surface area contributed by atoms with Crippen LogP contribution in [-0.4, -0.2) is 18.1 Å². The lowest BCUT2D eigenvalue weighted by molar-refractivity contribution is -0.124. The molecule has 0 bridgehead atoms. The standard InChI is InChI=1S/C21H21FN2O/c1-20(2)17-5-3-4-6-18(17)24-14-12-19(25)23-21(20,24)13-11-15-7-9-16(22)10-8-15/h3-11,13H,12,14H2,1-2H3,(H,23,25). The van der Waals surface area contributed by atoms with Crippen LogP contribution >= 0.6 is 0 Å². The number of anilines is 1. The summed E-state index contributed by atoms with van der Waals surface area (Å²) < 4.78 is 13.2. The lowest BCUT2D eigenvalue weighted by atomic mass is 9.74. The fraction of sp³-hybridized carbons (Fsp3) is 0.286. The van der Waals surface area contributed by atoms with Crippen LogP contribution < -0.4 is 10.2 Å². The van der Waals surface area contributed by atoms with Crippen molar-refractivity contribution in [3.05, 3.63) is 71.6 Å². The lowest BCUT2D eigenvalue weighted by Crippen LogP contribution is -2.68. The molecule has 25 heavy (non-hydrogen) atoms. The van der Waals surface area contributed by atoms with E-state index in [-0.39, 0.29) is 17.1 Å². The Hall–Kier alpha value is -2.62. The first-order valence-electron chi connectivity index (χ1n) is 8.57. The van der Waals surface area contributed by atoms with Crippen molar-refractivity contribution in [1.29, 1.82) is 0 Å². The van der Waals surface area contributed by atoms with Gasteiger partial charge in [-0.1, -0.05) is 50.3 Å². The van der Waals surface area contributed by atoms with Gasteiger partial charge in [-0.3, -0.25) is 4.79 Å². The first kappa shape index (κ1) is 15.9. The average molecular weight is 336 g/mol. The van der Waals surface area contributed by atoms with Gasteiger partial charge in [0.05, 0.1) is 0 Å². The van der Waals surface area contributed by atoms with Gasteiger partial charge in [0.25, 0.3) is 0 Å². The van der Waals surface area contributed by atoms with Crippen molar-refractivity contribution in [2.24, 2.45) is 0 Å². The molecule has 2 heterocycles. The van der Waals surface area contributed by atoms with Crippen molar-refractivity contribution in [1.82, 2.24) is 5.32 Å². The van der Waals surface area contributed by atoms with Gasteiger partial charge in [-0.15, -0.1) is 0 Å². The second kappa shape index (κ2) is 5.45. The van der Waals surface area contributed by atoms with Gasteiger partial charge in [0.2, 0.25) is 5.91 Å². The zero-order valence-corrected chi connectivity index (χ0v) is 14.4. The van der Waals surface area contributed by atoms with Crippen molar-refractivity contribution in [3.63, 3.8) is 0 Å². The highest BCUT2D eigenvalue weighted by molar-refractivity contribution is 5.84. The van der Waals surface area contributed by atoms with E-state index in [0.29, 0.717) is 13.0 Å². The van der Waals surface area contributed by atoms with Crippen LogP contribution in [0.2, 0.25) is 0 Å². The number of fused-ring (bicyclic) bond motifs is 3. The van der Waals surface area contributed by atoms with E-state index in [0.717, 1.165) is 11.3 Å². The summed E-state index contributed by atoms with van der Waals surface area (Å²) in [6.07, 6.45) is 4.50. The number of hydrogen-bond donors (Lipinski definition) is 1. The molecule has 2 aliphatic rings. The molecule has 0 radical (unpaired) electrons. The Labute approximate surface area is 147 Å². The topological polar surface area (TPSA) is 32.3 Å². The van der Waals surface area contributed by atoms with E-state index in [4.69, 9.17) is 0 Å². The van der Waals surface area contributed by atoms with Crippen molar-refractivity contribution in [2.45, 2.75) is 31.3 Å². The molecule has 2 aromatic rings. The number of carbonyl (C=O) groups excluding carboxylic acids is 1. The second-order valence-electron chi connectivity index (χ2n) is 7.24. The summed E-state index contributed by atoms with van der Waals surface area (Å²) in [5, 5.41) is 3.24. The largest absolute Gasteiger partial charge is 0.344 e. The number of carbonyl (C=O) groups is 1. The molecular formula is C21H21FN2O. The molecule has 1 amide bonds. The molecule has 1 N–H and O–H groups in total. The highest BCUT2D eigenvalue weighted by atomic mass is 19.1. The van der Waals surface area contributed by atoms with Crippen molar-refractivity contribution < 1.29 is 9.18 Å². The molecule has 3 nitrogen and oxygen atoms in total. The molecule has 128 valence electrons. The normalized spacial score (nSPS) is 24.1. The van der Waals surface area contributed by atoms with E-state index in [2.05, 4.69) is 42.3 Å². The minimum atomic E-state index is -0.625. The number of amides is 1. The van der Waals surface area contributed by atoms with Gasteiger partial charge in [-0.05, 0) is 35.4 Å². The van der Waals surface area contributed by atoms with Gasteiger partial charge < -0.3 is 10.2 Å². The predicted octanol–water partition coefficient (Wildman–Crippen LogP) is 3.85. The monoisotopic (exact) mass is 336 g/mol. The molecule has 1 unspecified atom stereocenters. The van der Waals surface area contributed by atoms with Crippen LogP contribution in [-0.2, 0) is 10.2 Å². The molecule has 0 saturated carbocycles. The summed E-state index contributed by atoms with van der Waals surface area (Å²) in [5.74, 6) is -0.197. The van der Waals surface area contributed by atoms with E-state index < -0.39 is 5.66 Å². The maximum Gasteiger partial charge on any atom is 0.223 e. The van der Waals surface area contributed by atoms with E-state index in [1.54, 1.807) is 12.1 Å². The summed E-state index contributed by atoms with van der Waals surface area (Å²) in [5.41, 5.74) is 2.37. The lowest BCUT2D eigenvalue weighted by Gasteiger charge is -2.49. The fourth-order valence-corrected chi connectivity index (χ4v) is 4.11. The first-order valence-corrected chi connectivity index (χ1v) is 8.57. The Kier molecular flexibility index (Phi) is 3.46. The first-order chi connectivity index (χ1) is 11.9. The third kappa shape index (κ3) is 2.28. The summed E-state index contributed by atoms with van der Waals surface area (Å²) in [6, 6.07) is 14.7. The van der Waals surface area contributed by atoms with Crippen LogP contribution in [0.15, 0.2) is 54.6 Å². The van der Waals surface area contributed by atoms with Crippen LogP contribution in [0.3, 0.4) is 0 Å². The van der Waals surface area contributed by atoms with Crippen LogP contribution in [0.5, 0.6) is 0 Å². The van der Waals surface area contributed by atoms with Gasteiger partial charge in [0, 0.05) is 24.1 Å². The summed E-state index contributed by atoms with van der Waals surface area (Å²) in [7, 11) is 0. The van der Waals surface area contributed by atoms with Crippen LogP contribution in [0.1, 0.15) is 31.4 Å². The molecule has 2 aliphatic heterocycles. The number of nitrogens with zero attached hydrogens (tertiary/aromatic N) is 1. The number of para-hydroxylation sites is 1. The Morgan fingerprint density at radius 2 is 1.84 bits per heavy atom. The number of halogens is 1. The van der Waals surface area contributed by atoms with Crippen molar-refractivity contribution >= 4 is 17.7 Å². The SMILES string of the molecule is CC1(C)c2ccccc2N2CCC(=O)NC21C=Cc1ccc(F)cc1. The smallest absolute Gasteiger partial charge is 0.223 e. The van der Waals surface area contributed by atoms with Crippen LogP contribution in [0, 0.1) is 5.82 Å². The van der Waals surface area contributed by atoms with Crippen LogP contribution in [0.25, 0.3) is 6.08 Å². The average Bonchev–Trinajstić information content (AvgIpc) is 2.79. The van der Waals surface area contributed by atoms with Gasteiger partial charge in [0.1, 0.15) is 11.5 Å². The van der Waals surface area contributed by atoms with Gasteiger partial charge >= 0.3 is 0 Å². The van der Waals surface area contributed by atoms with E-state index >= 15 is 0 Å². The molecule has 1 atom stereocenters. The van der Waals surface area contributed by atoms with Crippen molar-refractivity contribution in [3.8, 4) is 0 Å².